The van der Waals surface area contributed by atoms with Crippen LogP contribution in [0.2, 0.25) is 0 Å². The number of fused-ring (bicyclic) bond motifs is 3. The Balaban J connectivity index is 1.77. The van der Waals surface area contributed by atoms with E-state index in [-0.39, 0.29) is 12.0 Å². The highest BCUT2D eigenvalue weighted by molar-refractivity contribution is 4.84. The molecule has 0 radical (unpaired) electrons. The van der Waals surface area contributed by atoms with Crippen LogP contribution in [0.3, 0.4) is 0 Å². The van der Waals surface area contributed by atoms with Gasteiger partial charge in [-0.15, -0.1) is 0 Å². The van der Waals surface area contributed by atoms with E-state index in [2.05, 4.69) is 6.92 Å². The normalized spacial score (nSPS) is 39.6. The van der Waals surface area contributed by atoms with Gasteiger partial charge in [-0.1, -0.05) is 6.92 Å². The molecule has 0 spiro atoms. The maximum absolute atomic E-state index is 8.55. The molecule has 0 atom stereocenters. The Labute approximate surface area is 89.3 Å². The summed E-state index contributed by atoms with van der Waals surface area (Å²) in [4.78, 5) is 0. The molecule has 1 N–H and O–H groups in total. The molecule has 0 aromatic rings. The summed E-state index contributed by atoms with van der Waals surface area (Å²) in [6, 6.07) is 0. The van der Waals surface area contributed by atoms with Gasteiger partial charge in [-0.05, 0) is 0 Å². The van der Waals surface area contributed by atoms with Crippen molar-refractivity contribution in [1.82, 2.24) is 0 Å². The molecule has 0 aromatic carbocycles. The van der Waals surface area contributed by atoms with E-state index in [1.807, 2.05) is 0 Å². The molecule has 3 aliphatic heterocycles. The molecule has 5 heteroatoms. The van der Waals surface area contributed by atoms with Crippen molar-refractivity contribution in [3.8, 4) is 0 Å². The topological polar surface area (TPSA) is 57.2 Å². The van der Waals surface area contributed by atoms with Crippen molar-refractivity contribution in [1.29, 1.82) is 0 Å². The average Bonchev–Trinajstić information content (AvgIpc) is 2.27. The van der Waals surface area contributed by atoms with Crippen molar-refractivity contribution in [2.45, 2.75) is 19.3 Å². The minimum atomic E-state index is -0.896. The van der Waals surface area contributed by atoms with Gasteiger partial charge in [-0.3, -0.25) is 0 Å². The largest absolute Gasteiger partial charge is 0.394 e. The molecule has 15 heavy (non-hydrogen) atoms. The first-order valence-electron chi connectivity index (χ1n) is 5.29. The summed E-state index contributed by atoms with van der Waals surface area (Å²) in [5.41, 5.74) is 0.00764. The molecule has 88 valence electrons. The van der Waals surface area contributed by atoms with E-state index in [1.165, 1.54) is 0 Å². The summed E-state index contributed by atoms with van der Waals surface area (Å²) in [6.45, 7) is 4.95. The molecular weight excluding hydrogens is 200 g/mol. The predicted octanol–water partition coefficient (Wildman–Crippen LogP) is 0.122. The molecule has 0 unspecified atom stereocenters. The van der Waals surface area contributed by atoms with Gasteiger partial charge in [0.1, 0.15) is 0 Å². The zero-order chi connectivity index (χ0) is 10.8. The highest BCUT2D eigenvalue weighted by Crippen LogP contribution is 2.39. The van der Waals surface area contributed by atoms with Crippen LogP contribution >= 0.6 is 0 Å². The molecule has 0 aromatic heterocycles. The van der Waals surface area contributed by atoms with Crippen LogP contribution in [-0.2, 0) is 18.9 Å². The van der Waals surface area contributed by atoms with Crippen LogP contribution in [0.5, 0.6) is 0 Å². The Morgan fingerprint density at radius 3 is 2.27 bits per heavy atom. The third kappa shape index (κ3) is 2.49. The lowest BCUT2D eigenvalue weighted by atomic mass is 9.91. The molecule has 5 nitrogen and oxygen atoms in total. The SMILES string of the molecule is CC12COC(CCOCCO)(OC1)OC2. The molecule has 0 saturated carbocycles. The van der Waals surface area contributed by atoms with Crippen molar-refractivity contribution in [3.63, 3.8) is 0 Å². The maximum Gasteiger partial charge on any atom is 0.285 e. The molecule has 3 heterocycles. The average molecular weight is 218 g/mol. The number of ether oxygens (including phenoxy) is 4. The molecule has 0 aliphatic carbocycles. The Hall–Kier alpha value is -0.200. The third-order valence-corrected chi connectivity index (χ3v) is 2.71. The zero-order valence-electron chi connectivity index (χ0n) is 9.03. The quantitative estimate of drug-likeness (QED) is 0.664. The van der Waals surface area contributed by atoms with Gasteiger partial charge in [-0.25, -0.2) is 0 Å². The summed E-state index contributed by atoms with van der Waals surface area (Å²) >= 11 is 0. The van der Waals surface area contributed by atoms with E-state index < -0.39 is 5.97 Å². The fourth-order valence-corrected chi connectivity index (χ4v) is 1.68. The van der Waals surface area contributed by atoms with E-state index in [4.69, 9.17) is 24.1 Å². The molecule has 3 saturated heterocycles. The van der Waals surface area contributed by atoms with Crippen LogP contribution in [0.25, 0.3) is 0 Å². The van der Waals surface area contributed by atoms with Crippen molar-refractivity contribution in [2.75, 3.05) is 39.6 Å². The first kappa shape index (κ1) is 11.3. The van der Waals surface area contributed by atoms with Crippen molar-refractivity contribution >= 4 is 0 Å². The highest BCUT2D eigenvalue weighted by atomic mass is 16.9. The van der Waals surface area contributed by atoms with E-state index in [0.717, 1.165) is 0 Å². The van der Waals surface area contributed by atoms with Gasteiger partial charge in [0.2, 0.25) is 0 Å². The molecular formula is C10H18O5. The van der Waals surface area contributed by atoms with Gasteiger partial charge >= 0.3 is 0 Å². The third-order valence-electron chi connectivity index (χ3n) is 2.71. The van der Waals surface area contributed by atoms with E-state index in [0.29, 0.717) is 39.5 Å². The Morgan fingerprint density at radius 2 is 1.73 bits per heavy atom. The minimum Gasteiger partial charge on any atom is -0.394 e. The van der Waals surface area contributed by atoms with Gasteiger partial charge in [0.05, 0.1) is 46.1 Å². The minimum absolute atomic E-state index is 0.00764. The molecule has 3 rings (SSSR count). The van der Waals surface area contributed by atoms with Crippen LogP contribution in [0.15, 0.2) is 0 Å². The number of aliphatic hydroxyl groups is 1. The second kappa shape index (κ2) is 4.35. The van der Waals surface area contributed by atoms with Crippen LogP contribution in [-0.4, -0.2) is 50.7 Å². The second-order valence-corrected chi connectivity index (χ2v) is 4.45. The van der Waals surface area contributed by atoms with Crippen LogP contribution in [0.1, 0.15) is 13.3 Å². The number of hydrogen-bond donors (Lipinski definition) is 1. The zero-order valence-corrected chi connectivity index (χ0v) is 9.03. The second-order valence-electron chi connectivity index (χ2n) is 4.45. The lowest BCUT2D eigenvalue weighted by molar-refractivity contribution is -0.468. The Kier molecular flexibility index (Phi) is 3.27. The van der Waals surface area contributed by atoms with E-state index in [1.54, 1.807) is 0 Å². The standard InChI is InChI=1S/C10H18O5/c1-9-6-13-10(14-7-9,15-8-9)2-4-12-5-3-11/h11H,2-8H2,1H3. The fraction of sp³-hybridized carbons (Fsp3) is 1.00. The summed E-state index contributed by atoms with van der Waals surface area (Å²) in [6.07, 6.45) is 0.545. The molecule has 3 fully saturated rings. The summed E-state index contributed by atoms with van der Waals surface area (Å²) in [5, 5.41) is 8.55. The predicted molar refractivity (Wildman–Crippen MR) is 51.2 cm³/mol. The molecule has 2 bridgehead atoms. The fourth-order valence-electron chi connectivity index (χ4n) is 1.68. The van der Waals surface area contributed by atoms with Crippen LogP contribution < -0.4 is 0 Å². The lowest BCUT2D eigenvalue weighted by Gasteiger charge is -2.50. The first-order valence-corrected chi connectivity index (χ1v) is 5.29. The highest BCUT2D eigenvalue weighted by Gasteiger charge is 2.49. The number of rotatable bonds is 5. The van der Waals surface area contributed by atoms with Gasteiger partial charge < -0.3 is 24.1 Å². The van der Waals surface area contributed by atoms with Crippen LogP contribution in [0.4, 0.5) is 0 Å². The summed E-state index contributed by atoms with van der Waals surface area (Å²) in [7, 11) is 0. The number of aliphatic hydroxyl groups excluding tert-OH is 1. The van der Waals surface area contributed by atoms with Gasteiger partial charge in [0.15, 0.2) is 0 Å². The maximum atomic E-state index is 8.55. The summed E-state index contributed by atoms with van der Waals surface area (Å²) < 4.78 is 21.8. The number of hydrogen-bond acceptors (Lipinski definition) is 5. The van der Waals surface area contributed by atoms with Gasteiger partial charge in [-0.2, -0.15) is 0 Å². The Morgan fingerprint density at radius 1 is 1.13 bits per heavy atom. The van der Waals surface area contributed by atoms with Crippen molar-refractivity contribution < 1.29 is 24.1 Å². The smallest absolute Gasteiger partial charge is 0.285 e. The van der Waals surface area contributed by atoms with E-state index in [9.17, 15) is 0 Å². The van der Waals surface area contributed by atoms with Gasteiger partial charge in [0, 0.05) is 5.41 Å². The van der Waals surface area contributed by atoms with Crippen molar-refractivity contribution in [3.05, 3.63) is 0 Å². The Bertz CT molecular complexity index is 193. The monoisotopic (exact) mass is 218 g/mol. The molecule has 0 amide bonds. The van der Waals surface area contributed by atoms with Gasteiger partial charge in [0.25, 0.3) is 5.97 Å². The first-order chi connectivity index (χ1) is 7.18. The lowest BCUT2D eigenvalue weighted by Crippen LogP contribution is -2.59. The molecule has 3 aliphatic rings. The van der Waals surface area contributed by atoms with Crippen LogP contribution in [0, 0.1) is 5.41 Å². The summed E-state index contributed by atoms with van der Waals surface area (Å²) in [5.74, 6) is -0.896. The van der Waals surface area contributed by atoms with E-state index >= 15 is 0 Å². The van der Waals surface area contributed by atoms with Crippen molar-refractivity contribution in [2.24, 2.45) is 5.41 Å².